The fourth-order valence-corrected chi connectivity index (χ4v) is 18.0. The Kier molecular flexibility index (Phi) is 38.4. The minimum absolute atomic E-state index is 0.144. The van der Waals surface area contributed by atoms with Crippen LogP contribution in [0.25, 0.3) is 108 Å². The van der Waals surface area contributed by atoms with Crippen LogP contribution in [0.15, 0.2) is 243 Å². The number of ketones is 5. The molecular weight excluding hydrogens is 1790 g/mol. The molecule has 0 N–H and O–H groups in total. The lowest BCUT2D eigenvalue weighted by molar-refractivity contribution is -0.135. The fraction of sp³-hybridized carbons (Fsp3) is 0.295. The normalized spacial score (nSPS) is 10.9. The van der Waals surface area contributed by atoms with Gasteiger partial charge in [-0.25, -0.2) is 4.79 Å². The molecule has 16 aromatic rings. The standard InChI is InChI=1S/C27H32O4.C25H28O4.C24H18O4.2C23H24O4/c1-19-16-17-23-24(18-19)26(30-3)21-13-10-11-14-22(21)27(23)31-25(29)15-9-7-5-4-6-8-12-20(2)28;1-17-14-15-21-22(16-17)24(28-3)19-11-8-9-12-20(19)25(21)29-23(27)13-7-5-4-6-10-18(2)26;1-15(25)16-9-3-8-14-21(16)24(26)28-23-19-12-6-4-10-17(19)22(27-2)18-11-5-7-13-20(18)23;2*1-15-12-13-19-20(14-15)22(26-3)17-9-5-6-10-18(17)23(19)27-21(25)11-7-4-8-16(2)24/h10-11,13-14,16-18H,4-9,12,15H2,1-3H3;8-9,11-12,14-16H,4-7,10,13H2,1-3H3;3-14H,1-2H3;2*5-6,9-10,12-14H,4,7-8,11H2,1-3H3. The highest BCUT2D eigenvalue weighted by Crippen LogP contribution is 2.49. The van der Waals surface area contributed by atoms with E-state index in [2.05, 4.69) is 12.1 Å². The summed E-state index contributed by atoms with van der Waals surface area (Å²) in [6.45, 7) is 15.9. The maximum atomic E-state index is 13.0. The number of hydrogen-bond acceptors (Lipinski definition) is 20. The molecular formula is C122H126O20. The van der Waals surface area contributed by atoms with Crippen molar-refractivity contribution in [1.29, 1.82) is 0 Å². The lowest BCUT2D eigenvalue weighted by atomic mass is 9.99. The Morgan fingerprint density at radius 3 is 0.570 bits per heavy atom. The molecule has 0 aliphatic rings. The van der Waals surface area contributed by atoms with Gasteiger partial charge >= 0.3 is 29.8 Å². The molecule has 20 heteroatoms. The van der Waals surface area contributed by atoms with Crippen molar-refractivity contribution >= 4 is 166 Å². The predicted molar refractivity (Wildman–Crippen MR) is 567 cm³/mol. The summed E-state index contributed by atoms with van der Waals surface area (Å²) in [6, 6.07) is 77.4. The van der Waals surface area contributed by atoms with E-state index in [-0.39, 0.29) is 58.4 Å². The quantitative estimate of drug-likeness (QED) is 0.0114. The van der Waals surface area contributed by atoms with Crippen molar-refractivity contribution in [2.24, 2.45) is 0 Å². The van der Waals surface area contributed by atoms with Gasteiger partial charge in [-0.1, -0.05) is 273 Å². The van der Waals surface area contributed by atoms with E-state index in [4.69, 9.17) is 47.4 Å². The van der Waals surface area contributed by atoms with Crippen LogP contribution in [0.1, 0.15) is 219 Å². The molecule has 0 saturated carbocycles. The molecule has 0 saturated heterocycles. The Balaban J connectivity index is 0.000000159. The summed E-state index contributed by atoms with van der Waals surface area (Å²) in [7, 11) is 8.29. The number of rotatable bonds is 38. The Labute approximate surface area is 829 Å². The van der Waals surface area contributed by atoms with Gasteiger partial charge in [-0.05, 0) is 144 Å². The molecule has 142 heavy (non-hydrogen) atoms. The van der Waals surface area contributed by atoms with E-state index in [0.29, 0.717) is 111 Å². The van der Waals surface area contributed by atoms with Gasteiger partial charge < -0.3 is 66.5 Å². The summed E-state index contributed by atoms with van der Waals surface area (Å²) in [5, 5.41) is 17.6. The van der Waals surface area contributed by atoms with E-state index in [9.17, 15) is 47.9 Å². The Bertz CT molecular complexity index is 7120. The van der Waals surface area contributed by atoms with Crippen molar-refractivity contribution in [3.05, 3.63) is 276 Å². The molecule has 16 aromatic carbocycles. The summed E-state index contributed by atoms with van der Waals surface area (Å²) in [5.74, 6) is 5.73. The van der Waals surface area contributed by atoms with Gasteiger partial charge in [0.1, 0.15) is 80.6 Å². The van der Waals surface area contributed by atoms with Crippen LogP contribution >= 0.6 is 0 Å². The summed E-state index contributed by atoms with van der Waals surface area (Å²) < 4.78 is 57.7. The number of fused-ring (bicyclic) bond motifs is 10. The Hall–Kier alpha value is -15.2. The third kappa shape index (κ3) is 27.1. The maximum Gasteiger partial charge on any atom is 0.344 e. The van der Waals surface area contributed by atoms with Gasteiger partial charge in [0.05, 0.1) is 41.1 Å². The van der Waals surface area contributed by atoms with Gasteiger partial charge in [-0.3, -0.25) is 24.0 Å². The van der Waals surface area contributed by atoms with Crippen LogP contribution in [0.4, 0.5) is 0 Å². The molecule has 0 radical (unpaired) electrons. The molecule has 0 aliphatic carbocycles. The number of carbonyl (C=O) groups is 10. The Morgan fingerprint density at radius 1 is 0.183 bits per heavy atom. The Morgan fingerprint density at radius 2 is 0.352 bits per heavy atom. The van der Waals surface area contributed by atoms with Crippen molar-refractivity contribution in [2.45, 2.75) is 204 Å². The zero-order valence-corrected chi connectivity index (χ0v) is 83.8. The van der Waals surface area contributed by atoms with Crippen LogP contribution in [0.3, 0.4) is 0 Å². The number of carbonyl (C=O) groups excluding carboxylic acids is 10. The van der Waals surface area contributed by atoms with Crippen LogP contribution < -0.4 is 47.4 Å². The smallest absolute Gasteiger partial charge is 0.344 e. The monoisotopic (exact) mass is 1910 g/mol. The third-order valence-corrected chi connectivity index (χ3v) is 24.9. The molecule has 0 bridgehead atoms. The van der Waals surface area contributed by atoms with Gasteiger partial charge in [0, 0.05) is 165 Å². The lowest BCUT2D eigenvalue weighted by Crippen LogP contribution is -2.13. The van der Waals surface area contributed by atoms with E-state index in [0.717, 1.165) is 223 Å². The van der Waals surface area contributed by atoms with Crippen molar-refractivity contribution in [3.63, 3.8) is 0 Å². The number of ether oxygens (including phenoxy) is 10. The van der Waals surface area contributed by atoms with Crippen LogP contribution in [0.5, 0.6) is 57.5 Å². The van der Waals surface area contributed by atoms with Crippen LogP contribution in [0, 0.1) is 27.7 Å². The SMILES string of the molecule is COc1c2ccccc2c(OC(=O)CCCCC(C)=O)c2ccc(C)cc12.COc1c2ccccc2c(OC(=O)CCCCC(C)=O)c2ccc(C)cc12.COc1c2ccccc2c(OC(=O)CCCCCCC(C)=O)c2ccc(C)cc12.COc1c2ccccc2c(OC(=O)CCCCCCCCC(C)=O)c2ccc(C)cc12.COc1c2ccccc2c(OC(=O)c2ccccc2C(C)=O)c2ccccc12. The molecule has 0 aromatic heterocycles. The number of hydrogen-bond donors (Lipinski definition) is 0. The van der Waals surface area contributed by atoms with Crippen molar-refractivity contribution in [2.75, 3.05) is 35.5 Å². The molecule has 0 unspecified atom stereocenters. The minimum Gasteiger partial charge on any atom is -0.495 e. The van der Waals surface area contributed by atoms with Crippen LogP contribution in [0.2, 0.25) is 0 Å². The second-order valence-corrected chi connectivity index (χ2v) is 35.9. The number of unbranched alkanes of at least 4 members (excludes halogenated alkanes) is 10. The number of Topliss-reactive ketones (excluding diaryl/α,β-unsaturated/α-hetero) is 5. The largest absolute Gasteiger partial charge is 0.495 e. The number of aryl methyl sites for hydroxylation is 4. The highest BCUT2D eigenvalue weighted by atomic mass is 16.6. The van der Waals surface area contributed by atoms with Gasteiger partial charge in [-0.15, -0.1) is 0 Å². The first-order chi connectivity index (χ1) is 68.6. The molecule has 20 nitrogen and oxygen atoms in total. The molecule has 16 rings (SSSR count). The number of methoxy groups -OCH3 is 5. The van der Waals surface area contributed by atoms with E-state index in [1.807, 2.05) is 234 Å². The first-order valence-electron chi connectivity index (χ1n) is 48.7. The lowest BCUT2D eigenvalue weighted by Gasteiger charge is -2.16. The number of benzene rings is 16. The van der Waals surface area contributed by atoms with Gasteiger partial charge in [0.25, 0.3) is 0 Å². The first-order valence-corrected chi connectivity index (χ1v) is 48.7. The van der Waals surface area contributed by atoms with E-state index in [1.54, 1.807) is 87.5 Å². The average Bonchev–Trinajstić information content (AvgIpc) is 0.779. The van der Waals surface area contributed by atoms with E-state index >= 15 is 0 Å². The molecule has 0 amide bonds. The van der Waals surface area contributed by atoms with Crippen molar-refractivity contribution in [3.8, 4) is 57.5 Å². The minimum atomic E-state index is -0.564. The summed E-state index contributed by atoms with van der Waals surface area (Å²) >= 11 is 0. The number of esters is 5. The zero-order valence-electron chi connectivity index (χ0n) is 83.8. The van der Waals surface area contributed by atoms with E-state index in [1.165, 1.54) is 6.92 Å². The summed E-state index contributed by atoms with van der Waals surface area (Å²) in [4.78, 5) is 119. The molecule has 734 valence electrons. The average molecular weight is 1910 g/mol. The highest BCUT2D eigenvalue weighted by Gasteiger charge is 2.27. The fourth-order valence-electron chi connectivity index (χ4n) is 18.0. The maximum absolute atomic E-state index is 13.0. The van der Waals surface area contributed by atoms with Crippen molar-refractivity contribution < 1.29 is 95.3 Å². The van der Waals surface area contributed by atoms with E-state index < -0.39 is 5.97 Å². The molecule has 0 fully saturated rings. The van der Waals surface area contributed by atoms with Crippen LogP contribution in [-0.4, -0.2) is 94.3 Å². The van der Waals surface area contributed by atoms with Gasteiger partial charge in [0.2, 0.25) is 0 Å². The molecule has 0 aliphatic heterocycles. The second-order valence-electron chi connectivity index (χ2n) is 35.9. The summed E-state index contributed by atoms with van der Waals surface area (Å²) in [6.07, 6.45) is 15.9. The zero-order chi connectivity index (χ0) is 101. The summed E-state index contributed by atoms with van der Waals surface area (Å²) in [5.41, 5.74) is 5.05. The molecule has 0 atom stereocenters. The van der Waals surface area contributed by atoms with Crippen LogP contribution in [-0.2, 0) is 38.4 Å². The predicted octanol–water partition coefficient (Wildman–Crippen LogP) is 29.2. The molecule has 0 heterocycles. The van der Waals surface area contributed by atoms with Gasteiger partial charge in [-0.2, -0.15) is 0 Å². The first kappa shape index (κ1) is 106. The van der Waals surface area contributed by atoms with Crippen molar-refractivity contribution in [1.82, 2.24) is 0 Å². The molecule has 0 spiro atoms. The second kappa shape index (κ2) is 51.6. The topological polar surface area (TPSA) is 263 Å². The van der Waals surface area contributed by atoms with Gasteiger partial charge in [0.15, 0.2) is 5.78 Å². The highest BCUT2D eigenvalue weighted by molar-refractivity contribution is 6.18. The third-order valence-electron chi connectivity index (χ3n) is 24.9.